The van der Waals surface area contributed by atoms with E-state index in [-0.39, 0.29) is 35.6 Å². The molecule has 32 heavy (non-hydrogen) atoms. The van der Waals surface area contributed by atoms with Gasteiger partial charge in [0, 0.05) is 25.8 Å². The highest BCUT2D eigenvalue weighted by Crippen LogP contribution is 2.29. The van der Waals surface area contributed by atoms with E-state index < -0.39 is 11.7 Å². The van der Waals surface area contributed by atoms with Crippen molar-refractivity contribution in [3.63, 3.8) is 0 Å². The van der Waals surface area contributed by atoms with Gasteiger partial charge >= 0.3 is 6.18 Å². The standard InChI is InChI=1S/C22H21F3N4O2.HI/c1-26-21(27-13-15-4-8-17(9-5-15)22(23,24)25)28-14-16-6-10-18(11-7-16)29-20(30)19-3-2-12-31-19;/h2-12H,13-14H2,1H3,(H,29,30)(H2,26,27,28);1H. The van der Waals surface area contributed by atoms with E-state index in [0.29, 0.717) is 30.3 Å². The first-order chi connectivity index (χ1) is 14.8. The average Bonchev–Trinajstić information content (AvgIpc) is 3.30. The van der Waals surface area contributed by atoms with Crippen LogP contribution < -0.4 is 16.0 Å². The summed E-state index contributed by atoms with van der Waals surface area (Å²) >= 11 is 0. The second-order valence-corrected chi connectivity index (χ2v) is 6.60. The largest absolute Gasteiger partial charge is 0.459 e. The molecule has 0 radical (unpaired) electrons. The van der Waals surface area contributed by atoms with Gasteiger partial charge in [-0.25, -0.2) is 0 Å². The maximum Gasteiger partial charge on any atom is 0.416 e. The van der Waals surface area contributed by atoms with E-state index in [0.717, 1.165) is 17.7 Å². The molecule has 1 amide bonds. The number of rotatable bonds is 6. The van der Waals surface area contributed by atoms with Gasteiger partial charge in [0.05, 0.1) is 11.8 Å². The molecule has 170 valence electrons. The molecule has 3 rings (SSSR count). The number of furan rings is 1. The molecule has 0 spiro atoms. The number of guanidine groups is 1. The highest BCUT2D eigenvalue weighted by atomic mass is 127. The molecule has 10 heteroatoms. The van der Waals surface area contributed by atoms with Crippen LogP contribution in [0, 0.1) is 0 Å². The lowest BCUT2D eigenvalue weighted by molar-refractivity contribution is -0.137. The molecule has 0 aliphatic rings. The van der Waals surface area contributed by atoms with Crippen molar-refractivity contribution < 1.29 is 22.4 Å². The van der Waals surface area contributed by atoms with E-state index in [2.05, 4.69) is 20.9 Å². The van der Waals surface area contributed by atoms with Crippen LogP contribution in [0.2, 0.25) is 0 Å². The molecule has 0 fully saturated rings. The Morgan fingerprint density at radius 1 is 0.938 bits per heavy atom. The van der Waals surface area contributed by atoms with E-state index in [1.807, 2.05) is 12.1 Å². The van der Waals surface area contributed by atoms with Crippen LogP contribution in [-0.2, 0) is 19.3 Å². The summed E-state index contributed by atoms with van der Waals surface area (Å²) in [5.41, 5.74) is 1.61. The van der Waals surface area contributed by atoms with Gasteiger partial charge in [-0.15, -0.1) is 24.0 Å². The van der Waals surface area contributed by atoms with Crippen molar-refractivity contribution in [2.45, 2.75) is 19.3 Å². The van der Waals surface area contributed by atoms with E-state index in [9.17, 15) is 18.0 Å². The highest BCUT2D eigenvalue weighted by molar-refractivity contribution is 14.0. The maximum absolute atomic E-state index is 12.6. The zero-order valence-electron chi connectivity index (χ0n) is 17.1. The van der Waals surface area contributed by atoms with Gasteiger partial charge in [-0.1, -0.05) is 24.3 Å². The zero-order valence-corrected chi connectivity index (χ0v) is 19.4. The van der Waals surface area contributed by atoms with Gasteiger partial charge in [0.1, 0.15) is 0 Å². The third-order valence-electron chi connectivity index (χ3n) is 4.38. The number of hydrogen-bond donors (Lipinski definition) is 3. The Morgan fingerprint density at radius 3 is 1.97 bits per heavy atom. The molecule has 0 bridgehead atoms. The summed E-state index contributed by atoms with van der Waals surface area (Å²) < 4.78 is 42.9. The first-order valence-corrected chi connectivity index (χ1v) is 9.39. The van der Waals surface area contributed by atoms with Gasteiger partial charge in [0.2, 0.25) is 0 Å². The molecule has 0 atom stereocenters. The summed E-state index contributed by atoms with van der Waals surface area (Å²) in [7, 11) is 1.61. The van der Waals surface area contributed by atoms with Gasteiger partial charge in [-0.3, -0.25) is 9.79 Å². The van der Waals surface area contributed by atoms with Crippen LogP contribution in [0.25, 0.3) is 0 Å². The van der Waals surface area contributed by atoms with Gasteiger partial charge in [0.25, 0.3) is 5.91 Å². The minimum absolute atomic E-state index is 0. The minimum atomic E-state index is -4.35. The van der Waals surface area contributed by atoms with E-state index >= 15 is 0 Å². The molecule has 0 saturated heterocycles. The Morgan fingerprint density at radius 2 is 1.50 bits per heavy atom. The Bertz CT molecular complexity index is 1020. The summed E-state index contributed by atoms with van der Waals surface area (Å²) in [6.45, 7) is 0.800. The number of halogens is 4. The summed E-state index contributed by atoms with van der Waals surface area (Å²) in [6, 6.07) is 15.4. The highest BCUT2D eigenvalue weighted by Gasteiger charge is 2.29. The predicted molar refractivity (Wildman–Crippen MR) is 127 cm³/mol. The number of carbonyl (C=O) groups excluding carboxylic acids is 1. The molecule has 0 unspecified atom stereocenters. The molecule has 1 heterocycles. The van der Waals surface area contributed by atoms with E-state index in [1.54, 1.807) is 31.3 Å². The average molecular weight is 558 g/mol. The van der Waals surface area contributed by atoms with Gasteiger partial charge in [0.15, 0.2) is 11.7 Å². The molecule has 3 aromatic rings. The second-order valence-electron chi connectivity index (χ2n) is 6.60. The lowest BCUT2D eigenvalue weighted by atomic mass is 10.1. The van der Waals surface area contributed by atoms with Gasteiger partial charge in [-0.2, -0.15) is 13.2 Å². The fraction of sp³-hybridized carbons (Fsp3) is 0.182. The van der Waals surface area contributed by atoms with Crippen LogP contribution in [0.15, 0.2) is 76.3 Å². The van der Waals surface area contributed by atoms with Crippen molar-refractivity contribution in [2.75, 3.05) is 12.4 Å². The van der Waals surface area contributed by atoms with Crippen LogP contribution >= 0.6 is 24.0 Å². The zero-order chi connectivity index (χ0) is 22.3. The molecule has 1 aromatic heterocycles. The second kappa shape index (κ2) is 11.6. The van der Waals surface area contributed by atoms with Crippen molar-refractivity contribution >= 4 is 41.5 Å². The quantitative estimate of drug-likeness (QED) is 0.225. The number of carbonyl (C=O) groups is 1. The Kier molecular flexibility index (Phi) is 9.12. The number of hydrogen-bond acceptors (Lipinski definition) is 3. The molecular formula is C22H22F3IN4O2. The normalized spacial score (nSPS) is 11.4. The Labute approximate surface area is 200 Å². The predicted octanol–water partition coefficient (Wildman–Crippen LogP) is 5.03. The Balaban J connectivity index is 0.00000363. The fourth-order valence-electron chi connectivity index (χ4n) is 2.71. The number of amides is 1. The molecule has 0 aliphatic heterocycles. The molecule has 0 aliphatic carbocycles. The third-order valence-corrected chi connectivity index (χ3v) is 4.38. The monoisotopic (exact) mass is 558 g/mol. The van der Waals surface area contributed by atoms with Crippen LogP contribution in [0.3, 0.4) is 0 Å². The SMILES string of the molecule is CN=C(NCc1ccc(NC(=O)c2ccco2)cc1)NCc1ccc(C(F)(F)F)cc1.I. The minimum Gasteiger partial charge on any atom is -0.459 e. The summed E-state index contributed by atoms with van der Waals surface area (Å²) in [5, 5.41) is 8.93. The topological polar surface area (TPSA) is 78.7 Å². The number of alkyl halides is 3. The summed E-state index contributed by atoms with van der Waals surface area (Å²) in [4.78, 5) is 16.1. The fourth-order valence-corrected chi connectivity index (χ4v) is 2.71. The Hall–Kier alpha value is -3.02. The van der Waals surface area contributed by atoms with Crippen molar-refractivity contribution in [2.24, 2.45) is 4.99 Å². The smallest absolute Gasteiger partial charge is 0.416 e. The maximum atomic E-state index is 12.6. The van der Waals surface area contributed by atoms with Gasteiger partial charge in [-0.05, 0) is 47.5 Å². The molecular weight excluding hydrogens is 536 g/mol. The number of benzene rings is 2. The summed E-state index contributed by atoms with van der Waals surface area (Å²) in [5.74, 6) is 0.410. The first-order valence-electron chi connectivity index (χ1n) is 9.39. The van der Waals surface area contributed by atoms with E-state index in [1.165, 1.54) is 18.4 Å². The third kappa shape index (κ3) is 7.29. The number of aliphatic imine (C=N–C) groups is 1. The van der Waals surface area contributed by atoms with Crippen molar-refractivity contribution in [3.05, 3.63) is 89.4 Å². The van der Waals surface area contributed by atoms with E-state index in [4.69, 9.17) is 4.42 Å². The van der Waals surface area contributed by atoms with Crippen LogP contribution in [0.5, 0.6) is 0 Å². The number of nitrogens with one attached hydrogen (secondary N) is 3. The lowest BCUT2D eigenvalue weighted by Crippen LogP contribution is -2.36. The van der Waals surface area contributed by atoms with Crippen molar-refractivity contribution in [3.8, 4) is 0 Å². The van der Waals surface area contributed by atoms with Gasteiger partial charge < -0.3 is 20.4 Å². The van der Waals surface area contributed by atoms with Crippen LogP contribution in [0.4, 0.5) is 18.9 Å². The lowest BCUT2D eigenvalue weighted by Gasteiger charge is -2.13. The molecule has 6 nitrogen and oxygen atoms in total. The van der Waals surface area contributed by atoms with Crippen molar-refractivity contribution in [1.82, 2.24) is 10.6 Å². The molecule has 0 saturated carbocycles. The molecule has 3 N–H and O–H groups in total. The summed E-state index contributed by atoms with van der Waals surface area (Å²) in [6.07, 6.45) is -2.91. The number of nitrogens with zero attached hydrogens (tertiary/aromatic N) is 1. The number of anilines is 1. The first kappa shape index (κ1) is 25.2. The molecule has 2 aromatic carbocycles. The van der Waals surface area contributed by atoms with Crippen LogP contribution in [-0.4, -0.2) is 18.9 Å². The van der Waals surface area contributed by atoms with Crippen molar-refractivity contribution in [1.29, 1.82) is 0 Å². The van der Waals surface area contributed by atoms with Crippen LogP contribution in [0.1, 0.15) is 27.2 Å².